The van der Waals surface area contributed by atoms with Gasteiger partial charge in [-0.1, -0.05) is 66.7 Å². The van der Waals surface area contributed by atoms with Crippen molar-refractivity contribution in [2.75, 3.05) is 16.4 Å². The number of nitrogens with two attached hydrogens (primary N) is 1. The largest absolute Gasteiger partial charge is 0.418 e. The van der Waals surface area contributed by atoms with Crippen molar-refractivity contribution in [3.63, 3.8) is 0 Å². The molecule has 0 fully saturated rings. The maximum Gasteiger partial charge on any atom is 0.418 e. The van der Waals surface area contributed by atoms with Crippen LogP contribution in [0.5, 0.6) is 0 Å². The number of rotatable bonds is 5. The molecule has 5 aromatic rings. The molecule has 0 bridgehead atoms. The number of carbonyl (C=O) groups excluding carboxylic acids is 2. The van der Waals surface area contributed by atoms with E-state index in [0.29, 0.717) is 28.2 Å². The van der Waals surface area contributed by atoms with E-state index in [-0.39, 0.29) is 22.0 Å². The molecule has 0 aliphatic heterocycles. The Hall–Kier alpha value is -5.18. The van der Waals surface area contributed by atoms with Gasteiger partial charge in [-0.2, -0.15) is 13.2 Å². The quantitative estimate of drug-likeness (QED) is 0.164. The van der Waals surface area contributed by atoms with Gasteiger partial charge in [0.15, 0.2) is 5.78 Å². The van der Waals surface area contributed by atoms with Gasteiger partial charge in [-0.15, -0.1) is 0 Å². The topological polar surface area (TPSA) is 97.1 Å². The SMILES string of the molecule is Nc1ccccc1NC(=O)Nc1cccc(-c2c(C(=O)c3ccccc3)cnc3c(C(F)(F)F)cccc23)c1. The number of hydrogen-bond donors (Lipinski definition) is 3. The molecule has 0 aliphatic carbocycles. The summed E-state index contributed by atoms with van der Waals surface area (Å²) in [7, 11) is 0. The number of urea groups is 1. The van der Waals surface area contributed by atoms with Crippen LogP contribution in [-0.4, -0.2) is 16.8 Å². The van der Waals surface area contributed by atoms with E-state index < -0.39 is 23.6 Å². The number of nitrogens with one attached hydrogen (secondary N) is 2. The number of aromatic nitrogens is 1. The Bertz CT molecular complexity index is 1700. The number of halogens is 3. The number of benzene rings is 4. The Labute approximate surface area is 221 Å². The van der Waals surface area contributed by atoms with Gasteiger partial charge in [0.1, 0.15) is 0 Å². The maximum absolute atomic E-state index is 13.8. The summed E-state index contributed by atoms with van der Waals surface area (Å²) in [6, 6.07) is 24.8. The molecule has 9 heteroatoms. The predicted octanol–water partition coefficient (Wildman–Crippen LogP) is 7.38. The Kier molecular flexibility index (Phi) is 6.72. The third kappa shape index (κ3) is 5.28. The second kappa shape index (κ2) is 10.3. The smallest absolute Gasteiger partial charge is 0.397 e. The normalized spacial score (nSPS) is 11.3. The summed E-state index contributed by atoms with van der Waals surface area (Å²) in [4.78, 5) is 30.2. The van der Waals surface area contributed by atoms with Crippen LogP contribution in [0.25, 0.3) is 22.0 Å². The second-order valence-corrected chi connectivity index (χ2v) is 8.69. The van der Waals surface area contributed by atoms with Gasteiger partial charge in [0, 0.05) is 34.0 Å². The van der Waals surface area contributed by atoms with Crippen molar-refractivity contribution in [3.05, 3.63) is 120 Å². The van der Waals surface area contributed by atoms with Gasteiger partial charge in [0.25, 0.3) is 0 Å². The fourth-order valence-corrected chi connectivity index (χ4v) is 4.33. The molecular weight excluding hydrogens is 505 g/mol. The van der Waals surface area contributed by atoms with E-state index in [1.165, 1.54) is 18.3 Å². The monoisotopic (exact) mass is 526 g/mol. The minimum Gasteiger partial charge on any atom is -0.397 e. The number of amides is 2. The van der Waals surface area contributed by atoms with Gasteiger partial charge in [0.05, 0.1) is 22.5 Å². The maximum atomic E-state index is 13.8. The van der Waals surface area contributed by atoms with Gasteiger partial charge in [-0.05, 0) is 35.9 Å². The van der Waals surface area contributed by atoms with Gasteiger partial charge in [-0.3, -0.25) is 9.78 Å². The molecule has 0 saturated carbocycles. The Morgan fingerprint density at radius 1 is 0.795 bits per heavy atom. The molecule has 5 rings (SSSR count). The Morgan fingerprint density at radius 2 is 1.51 bits per heavy atom. The van der Waals surface area contributed by atoms with Crippen LogP contribution < -0.4 is 16.4 Å². The number of hydrogen-bond acceptors (Lipinski definition) is 4. The first-order valence-electron chi connectivity index (χ1n) is 11.8. The molecule has 4 N–H and O–H groups in total. The standard InChI is InChI=1S/C30H21F3N4O2/c31-30(32,33)23-13-7-12-21-26(22(17-35-27(21)23)28(38)18-8-2-1-3-9-18)19-10-6-11-20(16-19)36-29(39)37-25-15-5-4-14-24(25)34/h1-17H,34H2,(H2,36,37,39). The van der Waals surface area contributed by atoms with Gasteiger partial charge in [-0.25, -0.2) is 4.79 Å². The van der Waals surface area contributed by atoms with Crippen molar-refractivity contribution in [1.29, 1.82) is 0 Å². The molecule has 0 saturated heterocycles. The number of para-hydroxylation sites is 3. The van der Waals surface area contributed by atoms with Gasteiger partial charge < -0.3 is 16.4 Å². The van der Waals surface area contributed by atoms with Crippen LogP contribution in [-0.2, 0) is 6.18 Å². The zero-order valence-electron chi connectivity index (χ0n) is 20.3. The molecule has 0 aliphatic rings. The number of fused-ring (bicyclic) bond motifs is 1. The highest BCUT2D eigenvalue weighted by Gasteiger charge is 2.34. The highest BCUT2D eigenvalue weighted by molar-refractivity contribution is 6.17. The number of nitrogen functional groups attached to an aromatic ring is 1. The number of alkyl halides is 3. The number of carbonyl (C=O) groups is 2. The van der Waals surface area contributed by atoms with E-state index >= 15 is 0 Å². The lowest BCUT2D eigenvalue weighted by Gasteiger charge is -2.16. The molecule has 0 spiro atoms. The summed E-state index contributed by atoms with van der Waals surface area (Å²) in [6.07, 6.45) is -3.47. The van der Waals surface area contributed by atoms with E-state index in [4.69, 9.17) is 5.73 Å². The summed E-state index contributed by atoms with van der Waals surface area (Å²) in [5.74, 6) is -0.395. The lowest BCUT2D eigenvalue weighted by atomic mass is 9.91. The fourth-order valence-electron chi connectivity index (χ4n) is 4.33. The molecule has 6 nitrogen and oxygen atoms in total. The van der Waals surface area contributed by atoms with Crippen LogP contribution in [0, 0.1) is 0 Å². The zero-order chi connectivity index (χ0) is 27.6. The Balaban J connectivity index is 1.62. The minimum absolute atomic E-state index is 0.131. The average Bonchev–Trinajstić information content (AvgIpc) is 2.93. The first-order valence-corrected chi connectivity index (χ1v) is 11.8. The first kappa shape index (κ1) is 25.5. The van der Waals surface area contributed by atoms with Crippen LogP contribution in [0.15, 0.2) is 103 Å². The minimum atomic E-state index is -4.64. The lowest BCUT2D eigenvalue weighted by Crippen LogP contribution is -2.20. The number of anilines is 3. The van der Waals surface area contributed by atoms with E-state index in [0.717, 1.165) is 6.07 Å². The molecule has 0 radical (unpaired) electrons. The van der Waals surface area contributed by atoms with Crippen LogP contribution in [0.1, 0.15) is 21.5 Å². The van der Waals surface area contributed by atoms with Crippen molar-refractivity contribution >= 4 is 39.8 Å². The molecule has 39 heavy (non-hydrogen) atoms. The van der Waals surface area contributed by atoms with Crippen molar-refractivity contribution < 1.29 is 22.8 Å². The van der Waals surface area contributed by atoms with Crippen molar-refractivity contribution in [2.24, 2.45) is 0 Å². The van der Waals surface area contributed by atoms with Crippen molar-refractivity contribution in [3.8, 4) is 11.1 Å². The molecule has 0 unspecified atom stereocenters. The summed E-state index contributed by atoms with van der Waals surface area (Å²) in [5.41, 5.74) is 7.06. The predicted molar refractivity (Wildman–Crippen MR) is 146 cm³/mol. The van der Waals surface area contributed by atoms with Gasteiger partial charge in [0.2, 0.25) is 0 Å². The lowest BCUT2D eigenvalue weighted by molar-refractivity contribution is -0.136. The third-order valence-corrected chi connectivity index (χ3v) is 6.10. The van der Waals surface area contributed by atoms with Crippen molar-refractivity contribution in [2.45, 2.75) is 6.18 Å². The zero-order valence-corrected chi connectivity index (χ0v) is 20.3. The molecule has 2 amide bonds. The van der Waals surface area contributed by atoms with Crippen molar-refractivity contribution in [1.82, 2.24) is 4.98 Å². The van der Waals surface area contributed by atoms with Gasteiger partial charge >= 0.3 is 12.2 Å². The van der Waals surface area contributed by atoms with E-state index in [1.54, 1.807) is 78.9 Å². The first-order chi connectivity index (χ1) is 18.7. The number of ketones is 1. The Morgan fingerprint density at radius 3 is 2.26 bits per heavy atom. The summed E-state index contributed by atoms with van der Waals surface area (Å²) in [6.45, 7) is 0. The molecular formula is C30H21F3N4O2. The molecule has 1 heterocycles. The molecule has 4 aromatic carbocycles. The third-order valence-electron chi connectivity index (χ3n) is 6.10. The molecule has 194 valence electrons. The van der Waals surface area contributed by atoms with E-state index in [9.17, 15) is 22.8 Å². The highest BCUT2D eigenvalue weighted by atomic mass is 19.4. The second-order valence-electron chi connectivity index (χ2n) is 8.69. The molecule has 0 atom stereocenters. The average molecular weight is 527 g/mol. The van der Waals surface area contributed by atoms with Crippen LogP contribution >= 0.6 is 0 Å². The summed E-state index contributed by atoms with van der Waals surface area (Å²) in [5, 5.41) is 5.52. The fraction of sp³-hybridized carbons (Fsp3) is 0.0333. The summed E-state index contributed by atoms with van der Waals surface area (Å²) >= 11 is 0. The number of pyridine rings is 1. The van der Waals surface area contributed by atoms with Crippen LogP contribution in [0.4, 0.5) is 35.0 Å². The van der Waals surface area contributed by atoms with Crippen LogP contribution in [0.2, 0.25) is 0 Å². The van der Waals surface area contributed by atoms with E-state index in [2.05, 4.69) is 15.6 Å². The number of nitrogens with zero attached hydrogens (tertiary/aromatic N) is 1. The highest BCUT2D eigenvalue weighted by Crippen LogP contribution is 2.39. The summed E-state index contributed by atoms with van der Waals surface area (Å²) < 4.78 is 41.5. The van der Waals surface area contributed by atoms with Crippen LogP contribution in [0.3, 0.4) is 0 Å². The van der Waals surface area contributed by atoms with E-state index in [1.807, 2.05) is 0 Å². The molecule has 1 aromatic heterocycles.